The molecule has 0 radical (unpaired) electrons. The Labute approximate surface area is 106 Å². The van der Waals surface area contributed by atoms with Crippen LogP contribution in [-0.2, 0) is 0 Å². The molecule has 0 atom stereocenters. The Morgan fingerprint density at radius 1 is 1.39 bits per heavy atom. The minimum absolute atomic E-state index is 0.283. The number of carbonyl (C=O) groups excluding carboxylic acids is 1. The van der Waals surface area contributed by atoms with Crippen LogP contribution in [0.1, 0.15) is 15.5 Å². The van der Waals surface area contributed by atoms with Gasteiger partial charge in [0.25, 0.3) is 5.91 Å². The van der Waals surface area contributed by atoms with Crippen LogP contribution in [0.4, 0.5) is 5.13 Å². The van der Waals surface area contributed by atoms with E-state index in [1.165, 1.54) is 11.3 Å². The fourth-order valence-electron chi connectivity index (χ4n) is 1.55. The summed E-state index contributed by atoms with van der Waals surface area (Å²) in [5.41, 5.74) is 1.09. The van der Waals surface area contributed by atoms with Crippen LogP contribution >= 0.6 is 11.3 Å². The van der Waals surface area contributed by atoms with Crippen LogP contribution in [0.3, 0.4) is 0 Å². The van der Waals surface area contributed by atoms with Crippen molar-refractivity contribution in [2.45, 2.75) is 6.92 Å². The lowest BCUT2D eigenvalue weighted by atomic mass is 10.4. The molecule has 3 rings (SSSR count). The first-order valence-corrected chi connectivity index (χ1v) is 6.09. The summed E-state index contributed by atoms with van der Waals surface area (Å²) in [5, 5.41) is 11.6. The fourth-order valence-corrected chi connectivity index (χ4v) is 2.14. The molecule has 1 amide bonds. The normalized spacial score (nSPS) is 10.7. The van der Waals surface area contributed by atoms with Crippen LogP contribution in [0, 0.1) is 6.92 Å². The lowest BCUT2D eigenvalue weighted by Crippen LogP contribution is -2.12. The highest BCUT2D eigenvalue weighted by Gasteiger charge is 2.12. The molecule has 3 heterocycles. The van der Waals surface area contributed by atoms with Gasteiger partial charge in [0.1, 0.15) is 16.3 Å². The zero-order valence-electron chi connectivity index (χ0n) is 9.49. The number of hydrogen-bond donors (Lipinski definition) is 1. The standard InChI is InChI=1S/C11H9N5OS/c1-7-14-15-11(18-7)13-10(17)8-6-16-5-3-2-4-9(16)12-8/h2-6H,1H3,(H,13,15,17). The average molecular weight is 259 g/mol. The van der Waals surface area contributed by atoms with Crippen molar-refractivity contribution in [3.63, 3.8) is 0 Å². The van der Waals surface area contributed by atoms with Gasteiger partial charge in [-0.15, -0.1) is 10.2 Å². The van der Waals surface area contributed by atoms with Gasteiger partial charge in [-0.25, -0.2) is 4.98 Å². The fraction of sp³-hybridized carbons (Fsp3) is 0.0909. The molecule has 3 aromatic heterocycles. The summed E-state index contributed by atoms with van der Waals surface area (Å²) in [6.07, 6.45) is 3.52. The van der Waals surface area contributed by atoms with Crippen LogP contribution < -0.4 is 5.32 Å². The van der Waals surface area contributed by atoms with Crippen LogP contribution in [0.2, 0.25) is 0 Å². The first kappa shape index (κ1) is 10.8. The molecule has 1 N–H and O–H groups in total. The maximum atomic E-state index is 11.9. The topological polar surface area (TPSA) is 72.2 Å². The molecule has 7 heteroatoms. The smallest absolute Gasteiger partial charge is 0.277 e. The molecule has 0 fully saturated rings. The molecule has 6 nitrogen and oxygen atoms in total. The van der Waals surface area contributed by atoms with Gasteiger partial charge >= 0.3 is 0 Å². The number of nitrogens with zero attached hydrogens (tertiary/aromatic N) is 4. The van der Waals surface area contributed by atoms with Crippen LogP contribution in [0.25, 0.3) is 5.65 Å². The maximum Gasteiger partial charge on any atom is 0.277 e. The maximum absolute atomic E-state index is 11.9. The van der Waals surface area contributed by atoms with Crippen LogP contribution in [0.5, 0.6) is 0 Å². The van der Waals surface area contributed by atoms with Crippen molar-refractivity contribution in [2.24, 2.45) is 0 Å². The Kier molecular flexibility index (Phi) is 2.52. The summed E-state index contributed by atoms with van der Waals surface area (Å²) < 4.78 is 1.79. The van der Waals surface area contributed by atoms with Crippen molar-refractivity contribution in [3.8, 4) is 0 Å². The summed E-state index contributed by atoms with van der Waals surface area (Å²) in [7, 11) is 0. The Balaban J connectivity index is 1.87. The van der Waals surface area contributed by atoms with Crippen molar-refractivity contribution in [1.29, 1.82) is 0 Å². The number of hydrogen-bond acceptors (Lipinski definition) is 5. The molecule has 0 saturated carbocycles. The van der Waals surface area contributed by atoms with E-state index in [0.717, 1.165) is 10.7 Å². The summed E-state index contributed by atoms with van der Waals surface area (Å²) in [6.45, 7) is 1.83. The number of pyridine rings is 1. The highest BCUT2D eigenvalue weighted by atomic mass is 32.1. The van der Waals surface area contributed by atoms with Gasteiger partial charge in [0, 0.05) is 12.4 Å². The van der Waals surface area contributed by atoms with Crippen molar-refractivity contribution in [1.82, 2.24) is 19.6 Å². The number of aromatic nitrogens is 4. The second-order valence-electron chi connectivity index (χ2n) is 3.67. The van der Waals surface area contributed by atoms with Gasteiger partial charge in [0.15, 0.2) is 0 Å². The van der Waals surface area contributed by atoms with E-state index in [9.17, 15) is 4.79 Å². The third-order valence-electron chi connectivity index (χ3n) is 2.34. The average Bonchev–Trinajstić information content (AvgIpc) is 2.95. The molecule has 0 aromatic carbocycles. The highest BCUT2D eigenvalue weighted by Crippen LogP contribution is 2.15. The molecule has 0 saturated heterocycles. The molecule has 0 aliphatic rings. The third-order valence-corrected chi connectivity index (χ3v) is 3.10. The molecule has 0 aliphatic carbocycles. The second-order valence-corrected chi connectivity index (χ2v) is 4.85. The third kappa shape index (κ3) is 1.95. The predicted octanol–water partition coefficient (Wildman–Crippen LogP) is 1.75. The van der Waals surface area contributed by atoms with Gasteiger partial charge in [0.05, 0.1) is 0 Å². The number of anilines is 1. The molecule has 18 heavy (non-hydrogen) atoms. The van der Waals surface area contributed by atoms with Crippen molar-refractivity contribution in [2.75, 3.05) is 5.32 Å². The molecule has 0 bridgehead atoms. The van der Waals surface area contributed by atoms with Gasteiger partial charge in [-0.1, -0.05) is 17.4 Å². The number of amides is 1. The summed E-state index contributed by atoms with van der Waals surface area (Å²) in [4.78, 5) is 16.2. The Hall–Kier alpha value is -2.28. The van der Waals surface area contributed by atoms with E-state index in [0.29, 0.717) is 10.8 Å². The number of aryl methyl sites for hydroxylation is 1. The van der Waals surface area contributed by atoms with E-state index in [2.05, 4.69) is 20.5 Å². The van der Waals surface area contributed by atoms with E-state index < -0.39 is 0 Å². The molecule has 3 aromatic rings. The van der Waals surface area contributed by atoms with Crippen LogP contribution in [-0.4, -0.2) is 25.5 Å². The highest BCUT2D eigenvalue weighted by molar-refractivity contribution is 7.15. The van der Waals surface area contributed by atoms with E-state index in [1.54, 1.807) is 10.6 Å². The second kappa shape index (κ2) is 4.19. The number of carbonyl (C=O) groups is 1. The van der Waals surface area contributed by atoms with Gasteiger partial charge in [-0.3, -0.25) is 10.1 Å². The Morgan fingerprint density at radius 3 is 3.00 bits per heavy atom. The van der Waals surface area contributed by atoms with Gasteiger partial charge in [0.2, 0.25) is 5.13 Å². The van der Waals surface area contributed by atoms with Gasteiger partial charge < -0.3 is 4.40 Å². The zero-order valence-corrected chi connectivity index (χ0v) is 10.3. The SMILES string of the molecule is Cc1nnc(NC(=O)c2cn3ccccc3n2)s1. The number of nitrogens with one attached hydrogen (secondary N) is 1. The quantitative estimate of drug-likeness (QED) is 0.761. The zero-order chi connectivity index (χ0) is 12.5. The van der Waals surface area contributed by atoms with E-state index in [1.807, 2.05) is 31.3 Å². The monoisotopic (exact) mass is 259 g/mol. The molecule has 0 aliphatic heterocycles. The molecule has 0 unspecified atom stereocenters. The van der Waals surface area contributed by atoms with E-state index >= 15 is 0 Å². The molecule has 90 valence electrons. The minimum Gasteiger partial charge on any atom is -0.306 e. The number of imidazole rings is 1. The number of rotatable bonds is 2. The van der Waals surface area contributed by atoms with Crippen LogP contribution in [0.15, 0.2) is 30.6 Å². The predicted molar refractivity (Wildman–Crippen MR) is 67.8 cm³/mol. The van der Waals surface area contributed by atoms with E-state index in [4.69, 9.17) is 0 Å². The first-order valence-electron chi connectivity index (χ1n) is 5.27. The molecular weight excluding hydrogens is 250 g/mol. The summed E-state index contributed by atoms with van der Waals surface area (Å²) in [5.74, 6) is -0.283. The molecular formula is C11H9N5OS. The van der Waals surface area contributed by atoms with Crippen molar-refractivity contribution >= 4 is 28.0 Å². The van der Waals surface area contributed by atoms with Gasteiger partial charge in [-0.2, -0.15) is 0 Å². The Bertz CT molecular complexity index is 684. The minimum atomic E-state index is -0.283. The Morgan fingerprint density at radius 2 is 2.28 bits per heavy atom. The summed E-state index contributed by atoms with van der Waals surface area (Å²) in [6, 6.07) is 5.59. The summed E-state index contributed by atoms with van der Waals surface area (Å²) >= 11 is 1.33. The lowest BCUT2D eigenvalue weighted by molar-refractivity contribution is 0.102. The largest absolute Gasteiger partial charge is 0.306 e. The number of fused-ring (bicyclic) bond motifs is 1. The lowest BCUT2D eigenvalue weighted by Gasteiger charge is -1.95. The van der Waals surface area contributed by atoms with Gasteiger partial charge in [-0.05, 0) is 19.1 Å². The van der Waals surface area contributed by atoms with Crippen molar-refractivity contribution in [3.05, 3.63) is 41.3 Å². The van der Waals surface area contributed by atoms with E-state index in [-0.39, 0.29) is 5.91 Å². The molecule has 0 spiro atoms. The first-order chi connectivity index (χ1) is 8.72. The van der Waals surface area contributed by atoms with Crippen molar-refractivity contribution < 1.29 is 4.79 Å².